The minimum Gasteiger partial charge on any atom is -0.334 e. The molecular weight excluding hydrogens is 773 g/mol. The maximum Gasteiger partial charge on any atom is 0.0622 e. The normalized spacial score (nSPS) is 16.2. The Bertz CT molecular complexity index is 3400. The Kier molecular flexibility index (Phi) is 9.12. The van der Waals surface area contributed by atoms with Gasteiger partial charge in [-0.05, 0) is 112 Å². The zero-order valence-electron chi connectivity index (χ0n) is 35.8. The van der Waals surface area contributed by atoms with E-state index in [1.165, 1.54) is 94.4 Å². The number of fused-ring (bicyclic) bond motifs is 7. The fourth-order valence-electron chi connectivity index (χ4n) is 10.7. The highest BCUT2D eigenvalue weighted by molar-refractivity contribution is 6.16. The van der Waals surface area contributed by atoms with Gasteiger partial charge in [0.15, 0.2) is 0 Å². The molecular formula is C62H46N2. The minimum absolute atomic E-state index is 0.159. The van der Waals surface area contributed by atoms with Gasteiger partial charge < -0.3 is 9.47 Å². The molecule has 64 heavy (non-hydrogen) atoms. The number of anilines is 2. The van der Waals surface area contributed by atoms with E-state index in [1.807, 2.05) is 0 Å². The second-order valence-electron chi connectivity index (χ2n) is 17.3. The number of hydrogen-bond donors (Lipinski definition) is 0. The second kappa shape index (κ2) is 15.4. The fraction of sp³-hybridized carbons (Fsp3) is 0.0645. The summed E-state index contributed by atoms with van der Waals surface area (Å²) in [5, 5.41) is 2.54. The van der Waals surface area contributed by atoms with E-state index >= 15 is 0 Å². The first kappa shape index (κ1) is 37.8. The molecule has 0 saturated carbocycles. The van der Waals surface area contributed by atoms with Gasteiger partial charge in [-0.2, -0.15) is 0 Å². The molecule has 2 heteroatoms. The van der Waals surface area contributed by atoms with Crippen LogP contribution in [-0.4, -0.2) is 10.6 Å². The lowest BCUT2D eigenvalue weighted by atomic mass is 9.74. The van der Waals surface area contributed by atoms with Crippen molar-refractivity contribution in [1.82, 2.24) is 4.57 Å². The van der Waals surface area contributed by atoms with Crippen LogP contribution in [0.1, 0.15) is 30.0 Å². The van der Waals surface area contributed by atoms with Crippen molar-refractivity contribution < 1.29 is 0 Å². The predicted molar refractivity (Wildman–Crippen MR) is 270 cm³/mol. The summed E-state index contributed by atoms with van der Waals surface area (Å²) in [4.78, 5) is 2.53. The van der Waals surface area contributed by atoms with Crippen LogP contribution in [-0.2, 0) is 5.41 Å². The molecule has 0 spiro atoms. The summed E-state index contributed by atoms with van der Waals surface area (Å²) in [6.45, 7) is 2.42. The van der Waals surface area contributed by atoms with Gasteiger partial charge in [-0.3, -0.25) is 0 Å². The quantitative estimate of drug-likeness (QED) is 0.148. The van der Waals surface area contributed by atoms with Crippen molar-refractivity contribution >= 4 is 33.2 Å². The number of aromatic nitrogens is 1. The Balaban J connectivity index is 1.02. The van der Waals surface area contributed by atoms with Gasteiger partial charge in [-0.25, -0.2) is 0 Å². The summed E-state index contributed by atoms with van der Waals surface area (Å²) in [5.74, 6) is 0. The molecule has 0 N–H and O–H groups in total. The molecule has 2 nitrogen and oxygen atoms in total. The average molecular weight is 819 g/mol. The molecule has 1 heterocycles. The smallest absolute Gasteiger partial charge is 0.0622 e. The molecule has 0 amide bonds. The van der Waals surface area contributed by atoms with Gasteiger partial charge in [0.25, 0.3) is 0 Å². The third kappa shape index (κ3) is 6.09. The van der Waals surface area contributed by atoms with E-state index in [0.29, 0.717) is 0 Å². The summed E-state index contributed by atoms with van der Waals surface area (Å²) < 4.78 is 2.49. The molecule has 2 aliphatic carbocycles. The highest BCUT2D eigenvalue weighted by Crippen LogP contribution is 2.56. The van der Waals surface area contributed by atoms with E-state index in [4.69, 9.17) is 0 Å². The maximum atomic E-state index is 2.53. The van der Waals surface area contributed by atoms with Crippen molar-refractivity contribution in [3.05, 3.63) is 259 Å². The van der Waals surface area contributed by atoms with Crippen LogP contribution in [0.25, 0.3) is 72.0 Å². The van der Waals surface area contributed by atoms with Gasteiger partial charge in [0.05, 0.1) is 17.1 Å². The van der Waals surface area contributed by atoms with Crippen molar-refractivity contribution in [3.8, 4) is 50.2 Å². The van der Waals surface area contributed by atoms with Crippen LogP contribution in [0.15, 0.2) is 243 Å². The standard InChI is InChI=1S/C62H46N2/c1-62(48-23-11-4-12-24-48)56-38-33-46(42-55(56)60-57(62)39-37-53-52-29-17-18-30-58(52)64(61(53)60)50-27-15-6-16-28-50)44-31-35-51(36-32-44)63(49-25-13-5-14-26-49)59-40-34-47(43-19-7-2-8-20-43)41-54(59)45-21-9-3-10-22-45/h2-25,27-42,49H,26H2,1H3. The van der Waals surface area contributed by atoms with E-state index in [1.54, 1.807) is 0 Å². The van der Waals surface area contributed by atoms with E-state index < -0.39 is 0 Å². The summed E-state index contributed by atoms with van der Waals surface area (Å²) in [6, 6.07) is 80.7. The molecule has 0 bridgehead atoms. The lowest BCUT2D eigenvalue weighted by molar-refractivity contribution is 0.714. The van der Waals surface area contributed by atoms with Crippen LogP contribution >= 0.6 is 0 Å². The Morgan fingerprint density at radius 1 is 0.484 bits per heavy atom. The Morgan fingerprint density at radius 3 is 1.80 bits per heavy atom. The Labute approximate surface area is 375 Å². The molecule has 2 aliphatic rings. The molecule has 0 aliphatic heterocycles. The van der Waals surface area contributed by atoms with Crippen LogP contribution in [0, 0.1) is 0 Å². The molecule has 2 unspecified atom stereocenters. The van der Waals surface area contributed by atoms with E-state index in [2.05, 4.69) is 259 Å². The van der Waals surface area contributed by atoms with Gasteiger partial charge in [0.2, 0.25) is 0 Å². The summed E-state index contributed by atoms with van der Waals surface area (Å²) in [5.41, 5.74) is 19.5. The molecule has 0 radical (unpaired) electrons. The lowest BCUT2D eigenvalue weighted by Gasteiger charge is -2.34. The lowest BCUT2D eigenvalue weighted by Crippen LogP contribution is -2.30. The summed E-state index contributed by atoms with van der Waals surface area (Å²) >= 11 is 0. The van der Waals surface area contributed by atoms with E-state index in [0.717, 1.165) is 12.1 Å². The zero-order valence-corrected chi connectivity index (χ0v) is 35.8. The highest BCUT2D eigenvalue weighted by Gasteiger charge is 2.42. The summed E-state index contributed by atoms with van der Waals surface area (Å²) in [7, 11) is 0. The molecule has 1 aromatic heterocycles. The number of nitrogens with zero attached hydrogens (tertiary/aromatic N) is 2. The molecule has 9 aromatic carbocycles. The topological polar surface area (TPSA) is 8.17 Å². The number of para-hydroxylation sites is 2. The van der Waals surface area contributed by atoms with Crippen molar-refractivity contribution in [1.29, 1.82) is 0 Å². The first-order valence-corrected chi connectivity index (χ1v) is 22.5. The molecule has 12 rings (SSSR count). The van der Waals surface area contributed by atoms with Gasteiger partial charge >= 0.3 is 0 Å². The second-order valence-corrected chi connectivity index (χ2v) is 17.3. The number of rotatable bonds is 8. The first-order valence-electron chi connectivity index (χ1n) is 22.5. The molecule has 304 valence electrons. The van der Waals surface area contributed by atoms with Crippen LogP contribution in [0.3, 0.4) is 0 Å². The van der Waals surface area contributed by atoms with Crippen molar-refractivity contribution in [2.75, 3.05) is 4.90 Å². The van der Waals surface area contributed by atoms with E-state index in [-0.39, 0.29) is 11.5 Å². The number of allylic oxidation sites excluding steroid dienone is 2. The third-order valence-electron chi connectivity index (χ3n) is 13.8. The molecule has 0 saturated heterocycles. The Morgan fingerprint density at radius 2 is 1.08 bits per heavy atom. The first-order chi connectivity index (χ1) is 31.6. The highest BCUT2D eigenvalue weighted by atomic mass is 15.2. The van der Waals surface area contributed by atoms with Crippen LogP contribution < -0.4 is 4.90 Å². The predicted octanol–water partition coefficient (Wildman–Crippen LogP) is 16.1. The maximum absolute atomic E-state index is 2.53. The third-order valence-corrected chi connectivity index (χ3v) is 13.8. The largest absolute Gasteiger partial charge is 0.334 e. The van der Waals surface area contributed by atoms with Gasteiger partial charge in [0.1, 0.15) is 0 Å². The zero-order chi connectivity index (χ0) is 42.6. The average Bonchev–Trinajstić information content (AvgIpc) is 3.85. The van der Waals surface area contributed by atoms with Crippen LogP contribution in [0.4, 0.5) is 11.4 Å². The van der Waals surface area contributed by atoms with Gasteiger partial charge in [-0.15, -0.1) is 0 Å². The van der Waals surface area contributed by atoms with Gasteiger partial charge in [-0.1, -0.05) is 194 Å². The molecule has 2 atom stereocenters. The van der Waals surface area contributed by atoms with Crippen molar-refractivity contribution in [2.24, 2.45) is 0 Å². The Hall–Kier alpha value is -7.94. The summed E-state index contributed by atoms with van der Waals surface area (Å²) in [6.07, 6.45) is 9.90. The molecule has 0 fully saturated rings. The molecule has 10 aromatic rings. The number of hydrogen-bond acceptors (Lipinski definition) is 1. The van der Waals surface area contributed by atoms with Crippen LogP contribution in [0.2, 0.25) is 0 Å². The van der Waals surface area contributed by atoms with E-state index in [9.17, 15) is 0 Å². The van der Waals surface area contributed by atoms with Crippen LogP contribution in [0.5, 0.6) is 0 Å². The minimum atomic E-state index is -0.338. The number of benzene rings is 9. The fourth-order valence-corrected chi connectivity index (χ4v) is 10.7. The van der Waals surface area contributed by atoms with Crippen molar-refractivity contribution in [3.63, 3.8) is 0 Å². The van der Waals surface area contributed by atoms with Crippen molar-refractivity contribution in [2.45, 2.75) is 24.8 Å². The SMILES string of the molecule is CC1(c2ccccc2)c2ccc(-c3ccc(N(c4ccc(-c5ccccc5)cc4-c4ccccc4)C4C=CC=CC4)cc3)cc2-c2c1ccc1c3ccccc3n(-c3ccccc3)c21. The monoisotopic (exact) mass is 818 g/mol. The van der Waals surface area contributed by atoms with Gasteiger partial charge in [0, 0.05) is 44.4 Å².